The van der Waals surface area contributed by atoms with Crippen molar-refractivity contribution < 1.29 is 9.18 Å². The number of nitrogens with one attached hydrogen (secondary N) is 4. The molecule has 2 aromatic rings. The Morgan fingerprint density at radius 1 is 1.16 bits per heavy atom. The van der Waals surface area contributed by atoms with Gasteiger partial charge in [-0.3, -0.25) is 0 Å². The molecular weight excluding hydrogens is 323 g/mol. The lowest BCUT2D eigenvalue weighted by Gasteiger charge is -2.11. The number of anilines is 3. The van der Waals surface area contributed by atoms with Crippen LogP contribution in [0.2, 0.25) is 0 Å². The minimum atomic E-state index is -0.386. The van der Waals surface area contributed by atoms with Gasteiger partial charge in [-0.25, -0.2) is 14.2 Å². The van der Waals surface area contributed by atoms with Crippen molar-refractivity contribution >= 4 is 23.5 Å². The first-order chi connectivity index (χ1) is 12.0. The Labute approximate surface area is 146 Å². The van der Waals surface area contributed by atoms with Crippen LogP contribution in [0.15, 0.2) is 24.3 Å². The van der Waals surface area contributed by atoms with E-state index in [4.69, 9.17) is 0 Å². The van der Waals surface area contributed by atoms with Crippen molar-refractivity contribution in [2.24, 2.45) is 0 Å². The summed E-state index contributed by atoms with van der Waals surface area (Å²) in [5.41, 5.74) is 1.70. The molecule has 0 bridgehead atoms. The molecule has 134 valence electrons. The third-order valence-electron chi connectivity index (χ3n) is 3.42. The molecule has 0 radical (unpaired) electrons. The van der Waals surface area contributed by atoms with Crippen molar-refractivity contribution in [2.75, 3.05) is 35.6 Å². The van der Waals surface area contributed by atoms with Gasteiger partial charge in [0, 0.05) is 42.6 Å². The molecular formula is C17H23FN6O. The molecule has 1 heterocycles. The Morgan fingerprint density at radius 2 is 1.96 bits per heavy atom. The maximum atomic E-state index is 13.4. The van der Waals surface area contributed by atoms with Crippen molar-refractivity contribution in [3.05, 3.63) is 41.3 Å². The fraction of sp³-hybridized carbons (Fsp3) is 0.353. The van der Waals surface area contributed by atoms with Crippen molar-refractivity contribution in [2.45, 2.75) is 20.8 Å². The van der Waals surface area contributed by atoms with Crippen molar-refractivity contribution in [1.82, 2.24) is 15.3 Å². The minimum Gasteiger partial charge on any atom is -0.368 e. The highest BCUT2D eigenvalue weighted by Gasteiger charge is 2.07. The number of hydrogen-bond acceptors (Lipinski definition) is 5. The topological polar surface area (TPSA) is 91.0 Å². The molecule has 4 N–H and O–H groups in total. The van der Waals surface area contributed by atoms with E-state index in [1.807, 2.05) is 19.9 Å². The highest BCUT2D eigenvalue weighted by atomic mass is 19.1. The Morgan fingerprint density at radius 3 is 2.72 bits per heavy atom. The zero-order valence-corrected chi connectivity index (χ0v) is 14.6. The number of amides is 2. The number of aryl methyl sites for hydroxylation is 1. The predicted molar refractivity (Wildman–Crippen MR) is 97.6 cm³/mol. The van der Waals surface area contributed by atoms with Crippen LogP contribution in [0.1, 0.15) is 18.2 Å². The van der Waals surface area contributed by atoms with Crippen LogP contribution in [0.25, 0.3) is 0 Å². The zero-order valence-electron chi connectivity index (χ0n) is 14.6. The molecule has 25 heavy (non-hydrogen) atoms. The van der Waals surface area contributed by atoms with Crippen LogP contribution in [0, 0.1) is 19.7 Å². The third-order valence-corrected chi connectivity index (χ3v) is 3.42. The van der Waals surface area contributed by atoms with Crippen molar-refractivity contribution in [3.63, 3.8) is 0 Å². The number of carbonyl (C=O) groups excluding carboxylic acids is 1. The van der Waals surface area contributed by atoms with E-state index in [2.05, 4.69) is 31.2 Å². The SMILES string of the molecule is CCNc1nc(C)cc(NCCNC(=O)Nc2cccc(F)c2C)n1. The molecule has 0 unspecified atom stereocenters. The van der Waals surface area contributed by atoms with Gasteiger partial charge < -0.3 is 21.3 Å². The van der Waals surface area contributed by atoms with Gasteiger partial charge in [-0.2, -0.15) is 4.98 Å². The number of hydrogen-bond donors (Lipinski definition) is 4. The van der Waals surface area contributed by atoms with E-state index in [9.17, 15) is 9.18 Å². The number of benzene rings is 1. The monoisotopic (exact) mass is 346 g/mol. The highest BCUT2D eigenvalue weighted by Crippen LogP contribution is 2.17. The summed E-state index contributed by atoms with van der Waals surface area (Å²) in [5, 5.41) is 11.5. The normalized spacial score (nSPS) is 10.2. The summed E-state index contributed by atoms with van der Waals surface area (Å²) in [7, 11) is 0. The van der Waals surface area contributed by atoms with E-state index < -0.39 is 0 Å². The van der Waals surface area contributed by atoms with Gasteiger partial charge >= 0.3 is 6.03 Å². The van der Waals surface area contributed by atoms with Crippen LogP contribution in [-0.4, -0.2) is 35.6 Å². The number of rotatable bonds is 7. The van der Waals surface area contributed by atoms with Crippen LogP contribution in [0.3, 0.4) is 0 Å². The van der Waals surface area contributed by atoms with Crippen LogP contribution in [-0.2, 0) is 0 Å². The Kier molecular flexibility index (Phi) is 6.50. The summed E-state index contributed by atoms with van der Waals surface area (Å²) in [6.07, 6.45) is 0. The molecule has 0 aliphatic carbocycles. The van der Waals surface area contributed by atoms with Gasteiger partial charge in [0.2, 0.25) is 5.95 Å². The summed E-state index contributed by atoms with van der Waals surface area (Å²) in [6, 6.07) is 6.01. The van der Waals surface area contributed by atoms with Gasteiger partial charge in [-0.15, -0.1) is 0 Å². The molecule has 8 heteroatoms. The smallest absolute Gasteiger partial charge is 0.319 e. The Bertz CT molecular complexity index is 737. The number of carbonyl (C=O) groups is 1. The summed E-state index contributed by atoms with van der Waals surface area (Å²) >= 11 is 0. The van der Waals surface area contributed by atoms with Gasteiger partial charge in [-0.1, -0.05) is 6.07 Å². The molecule has 2 amide bonds. The fourth-order valence-corrected chi connectivity index (χ4v) is 2.17. The largest absolute Gasteiger partial charge is 0.368 e. The molecule has 1 aromatic carbocycles. The quantitative estimate of drug-likeness (QED) is 0.579. The summed E-state index contributed by atoms with van der Waals surface area (Å²) in [4.78, 5) is 20.5. The van der Waals surface area contributed by atoms with Crippen molar-refractivity contribution in [3.8, 4) is 0 Å². The second kappa shape index (κ2) is 8.81. The van der Waals surface area contributed by atoms with Gasteiger partial charge in [0.15, 0.2) is 0 Å². The highest BCUT2D eigenvalue weighted by molar-refractivity contribution is 5.90. The van der Waals surface area contributed by atoms with Crippen molar-refractivity contribution in [1.29, 1.82) is 0 Å². The van der Waals surface area contributed by atoms with Gasteiger partial charge in [0.05, 0.1) is 0 Å². The molecule has 0 fully saturated rings. The van der Waals surface area contributed by atoms with Gasteiger partial charge in [0.25, 0.3) is 0 Å². The van der Waals surface area contributed by atoms with Gasteiger partial charge in [-0.05, 0) is 32.9 Å². The first-order valence-electron chi connectivity index (χ1n) is 8.13. The lowest BCUT2D eigenvalue weighted by Crippen LogP contribution is -2.33. The Balaban J connectivity index is 1.79. The molecule has 0 atom stereocenters. The van der Waals surface area contributed by atoms with Crippen LogP contribution >= 0.6 is 0 Å². The molecule has 1 aromatic heterocycles. The standard InChI is InChI=1S/C17H23FN6O/c1-4-19-16-22-11(2)10-15(24-16)20-8-9-21-17(25)23-14-7-5-6-13(18)12(14)3/h5-7,10H,4,8-9H2,1-3H3,(H2,21,23,25)(H2,19,20,22,24). The first-order valence-corrected chi connectivity index (χ1v) is 8.13. The lowest BCUT2D eigenvalue weighted by molar-refractivity contribution is 0.252. The van der Waals surface area contributed by atoms with Crippen LogP contribution in [0.4, 0.5) is 26.6 Å². The molecule has 0 saturated carbocycles. The average Bonchev–Trinajstić information content (AvgIpc) is 2.56. The average molecular weight is 346 g/mol. The molecule has 2 rings (SSSR count). The van der Waals surface area contributed by atoms with E-state index in [1.54, 1.807) is 19.1 Å². The molecule has 0 spiro atoms. The van der Waals surface area contributed by atoms with Crippen LogP contribution in [0.5, 0.6) is 0 Å². The maximum absolute atomic E-state index is 13.4. The second-order valence-electron chi connectivity index (χ2n) is 5.47. The zero-order chi connectivity index (χ0) is 18.2. The molecule has 0 saturated heterocycles. The predicted octanol–water partition coefficient (Wildman–Crippen LogP) is 2.90. The van der Waals surface area contributed by atoms with Gasteiger partial charge in [0.1, 0.15) is 11.6 Å². The minimum absolute atomic E-state index is 0.352. The molecule has 0 aliphatic rings. The van der Waals surface area contributed by atoms with E-state index in [1.165, 1.54) is 6.07 Å². The molecule has 0 aliphatic heterocycles. The maximum Gasteiger partial charge on any atom is 0.319 e. The summed E-state index contributed by atoms with van der Waals surface area (Å²) in [5.74, 6) is 0.902. The van der Waals surface area contributed by atoms with E-state index >= 15 is 0 Å². The Hall–Kier alpha value is -2.90. The molecule has 7 nitrogen and oxygen atoms in total. The van der Waals surface area contributed by atoms with E-state index in [0.29, 0.717) is 36.1 Å². The van der Waals surface area contributed by atoms with Crippen LogP contribution < -0.4 is 21.3 Å². The number of urea groups is 1. The number of halogens is 1. The second-order valence-corrected chi connectivity index (χ2v) is 5.47. The van der Waals surface area contributed by atoms with E-state index in [-0.39, 0.29) is 11.8 Å². The number of aromatic nitrogens is 2. The first kappa shape index (κ1) is 18.4. The number of nitrogens with zero attached hydrogens (tertiary/aromatic N) is 2. The lowest BCUT2D eigenvalue weighted by atomic mass is 10.2. The summed E-state index contributed by atoms with van der Waals surface area (Å²) < 4.78 is 13.4. The summed E-state index contributed by atoms with van der Waals surface area (Å²) in [6.45, 7) is 7.11. The third kappa shape index (κ3) is 5.59. The fourth-order valence-electron chi connectivity index (χ4n) is 2.17. The van der Waals surface area contributed by atoms with E-state index in [0.717, 1.165) is 12.2 Å².